The van der Waals surface area contributed by atoms with E-state index in [9.17, 15) is 4.79 Å². The third kappa shape index (κ3) is 3.68. The van der Waals surface area contributed by atoms with Crippen molar-refractivity contribution in [3.63, 3.8) is 0 Å². The second kappa shape index (κ2) is 5.79. The van der Waals surface area contributed by atoms with Crippen LogP contribution in [0.5, 0.6) is 0 Å². The summed E-state index contributed by atoms with van der Waals surface area (Å²) in [5.74, 6) is 0.227. The Morgan fingerprint density at radius 1 is 1.11 bits per heavy atom. The molecule has 0 saturated heterocycles. The fraction of sp³-hybridized carbons (Fsp3) is 0. The minimum atomic E-state index is -0.417. The van der Waals surface area contributed by atoms with Crippen LogP contribution in [0.15, 0.2) is 41.1 Å². The molecule has 0 saturated carbocycles. The fourth-order valence-electron chi connectivity index (χ4n) is 1.17. The monoisotopic (exact) mass is 326 g/mol. The molecule has 7 heteroatoms. The van der Waals surface area contributed by atoms with Gasteiger partial charge in [-0.05, 0) is 40.2 Å². The van der Waals surface area contributed by atoms with E-state index in [1.807, 2.05) is 0 Å². The Balaban J connectivity index is 1.96. The van der Waals surface area contributed by atoms with Crippen molar-refractivity contribution in [2.24, 2.45) is 0 Å². The van der Waals surface area contributed by atoms with Gasteiger partial charge in [-0.2, -0.15) is 0 Å². The summed E-state index contributed by atoms with van der Waals surface area (Å²) in [6.07, 6.45) is 3.09. The molecule has 92 valence electrons. The van der Waals surface area contributed by atoms with Crippen LogP contribution >= 0.6 is 27.5 Å². The third-order valence-electron chi connectivity index (χ3n) is 1.95. The minimum Gasteiger partial charge on any atom is -0.308 e. The fourth-order valence-corrected chi connectivity index (χ4v) is 1.50. The normalized spacial score (nSPS) is 9.89. The van der Waals surface area contributed by atoms with Crippen LogP contribution in [0.25, 0.3) is 0 Å². The maximum absolute atomic E-state index is 11.6. The first-order chi connectivity index (χ1) is 8.63. The lowest BCUT2D eigenvalue weighted by Gasteiger charge is -2.06. The number of urea groups is 1. The molecule has 0 aliphatic carbocycles. The second-order valence-corrected chi connectivity index (χ2v) is 4.66. The number of hydrogen-bond donors (Lipinski definition) is 2. The van der Waals surface area contributed by atoms with Crippen molar-refractivity contribution in [3.05, 3.63) is 46.2 Å². The molecule has 5 nitrogen and oxygen atoms in total. The topological polar surface area (TPSA) is 66.9 Å². The average Bonchev–Trinajstić information content (AvgIpc) is 2.35. The Hall–Kier alpha value is -1.66. The van der Waals surface area contributed by atoms with Gasteiger partial charge in [0.2, 0.25) is 5.95 Å². The van der Waals surface area contributed by atoms with E-state index >= 15 is 0 Å². The summed E-state index contributed by atoms with van der Waals surface area (Å²) in [4.78, 5) is 19.5. The molecule has 1 heterocycles. The summed E-state index contributed by atoms with van der Waals surface area (Å²) in [6.45, 7) is 0. The number of nitrogens with one attached hydrogen (secondary N) is 2. The Kier molecular flexibility index (Phi) is 4.11. The van der Waals surface area contributed by atoms with Gasteiger partial charge in [0, 0.05) is 23.1 Å². The molecule has 1 aromatic heterocycles. The number of nitrogens with zero attached hydrogens (tertiary/aromatic N) is 2. The number of hydrogen-bond acceptors (Lipinski definition) is 3. The van der Waals surface area contributed by atoms with Gasteiger partial charge in [-0.25, -0.2) is 14.8 Å². The van der Waals surface area contributed by atoms with Crippen LogP contribution < -0.4 is 10.6 Å². The summed E-state index contributed by atoms with van der Waals surface area (Å²) in [7, 11) is 0. The van der Waals surface area contributed by atoms with Crippen LogP contribution in [-0.4, -0.2) is 16.0 Å². The largest absolute Gasteiger partial charge is 0.326 e. The van der Waals surface area contributed by atoms with Gasteiger partial charge in [0.05, 0.1) is 4.47 Å². The van der Waals surface area contributed by atoms with Crippen molar-refractivity contribution in [1.29, 1.82) is 0 Å². The summed E-state index contributed by atoms with van der Waals surface area (Å²) >= 11 is 8.95. The molecular formula is C11H8BrClN4O. The molecule has 0 atom stereocenters. The van der Waals surface area contributed by atoms with E-state index in [0.717, 1.165) is 4.47 Å². The van der Waals surface area contributed by atoms with Gasteiger partial charge in [0.15, 0.2) is 0 Å². The van der Waals surface area contributed by atoms with Crippen molar-refractivity contribution in [2.45, 2.75) is 0 Å². The number of carbonyl (C=O) groups is 1. The molecule has 0 radical (unpaired) electrons. The Labute approximate surface area is 117 Å². The highest BCUT2D eigenvalue weighted by Crippen LogP contribution is 2.13. The number of halogens is 2. The van der Waals surface area contributed by atoms with Crippen molar-refractivity contribution in [2.75, 3.05) is 10.6 Å². The van der Waals surface area contributed by atoms with Crippen LogP contribution in [-0.2, 0) is 0 Å². The van der Waals surface area contributed by atoms with Gasteiger partial charge >= 0.3 is 6.03 Å². The molecule has 0 spiro atoms. The average molecular weight is 328 g/mol. The van der Waals surface area contributed by atoms with Crippen LogP contribution in [0.1, 0.15) is 0 Å². The van der Waals surface area contributed by atoms with E-state index in [2.05, 4.69) is 36.5 Å². The highest BCUT2D eigenvalue weighted by Gasteiger charge is 2.04. The smallest absolute Gasteiger partial charge is 0.308 e. The zero-order valence-electron chi connectivity index (χ0n) is 9.02. The lowest BCUT2D eigenvalue weighted by Crippen LogP contribution is -2.20. The molecule has 0 unspecified atom stereocenters. The molecular weight excluding hydrogens is 320 g/mol. The number of benzene rings is 1. The number of anilines is 2. The molecule has 2 rings (SSSR count). The quantitative estimate of drug-likeness (QED) is 0.886. The molecule has 0 aliphatic rings. The summed E-state index contributed by atoms with van der Waals surface area (Å²) in [5, 5.41) is 5.75. The van der Waals surface area contributed by atoms with Crippen LogP contribution in [0.4, 0.5) is 16.4 Å². The van der Waals surface area contributed by atoms with Gasteiger partial charge in [0.1, 0.15) is 0 Å². The van der Waals surface area contributed by atoms with Gasteiger partial charge in [-0.3, -0.25) is 5.32 Å². The van der Waals surface area contributed by atoms with E-state index < -0.39 is 6.03 Å². The predicted octanol–water partition coefficient (Wildman–Crippen LogP) is 3.54. The summed E-state index contributed by atoms with van der Waals surface area (Å²) < 4.78 is 0.742. The van der Waals surface area contributed by atoms with Crippen LogP contribution in [0.3, 0.4) is 0 Å². The number of rotatable bonds is 2. The summed E-state index contributed by atoms with van der Waals surface area (Å²) in [6, 6.07) is 6.36. The second-order valence-electron chi connectivity index (χ2n) is 3.31. The molecule has 2 N–H and O–H groups in total. The molecule has 0 aliphatic heterocycles. The molecule has 0 bridgehead atoms. The molecule has 1 aromatic carbocycles. The molecule has 0 fully saturated rings. The predicted molar refractivity (Wildman–Crippen MR) is 73.8 cm³/mol. The first-order valence-corrected chi connectivity index (χ1v) is 6.12. The van der Waals surface area contributed by atoms with E-state index in [4.69, 9.17) is 11.6 Å². The number of amides is 2. The third-order valence-corrected chi connectivity index (χ3v) is 2.61. The Morgan fingerprint density at radius 2 is 1.72 bits per heavy atom. The van der Waals surface area contributed by atoms with Gasteiger partial charge in [0.25, 0.3) is 0 Å². The van der Waals surface area contributed by atoms with Gasteiger partial charge < -0.3 is 5.32 Å². The molecule has 2 amide bonds. The maximum Gasteiger partial charge on any atom is 0.326 e. The van der Waals surface area contributed by atoms with Crippen LogP contribution in [0.2, 0.25) is 5.02 Å². The van der Waals surface area contributed by atoms with Crippen LogP contribution in [0, 0.1) is 0 Å². The highest BCUT2D eigenvalue weighted by atomic mass is 79.9. The van der Waals surface area contributed by atoms with Gasteiger partial charge in [-0.1, -0.05) is 11.6 Å². The van der Waals surface area contributed by atoms with E-state index in [1.165, 1.54) is 0 Å². The van der Waals surface area contributed by atoms with Crippen molar-refractivity contribution < 1.29 is 4.79 Å². The van der Waals surface area contributed by atoms with Crippen molar-refractivity contribution in [1.82, 2.24) is 9.97 Å². The number of carbonyl (C=O) groups excluding carboxylic acids is 1. The van der Waals surface area contributed by atoms with Crippen molar-refractivity contribution in [3.8, 4) is 0 Å². The standard InChI is InChI=1S/C11H8BrClN4O/c12-7-5-14-10(15-6-7)17-11(18)16-9-3-1-8(13)2-4-9/h1-6H,(H2,14,15,16,17,18). The summed E-state index contributed by atoms with van der Waals surface area (Å²) in [5.41, 5.74) is 0.633. The number of aromatic nitrogens is 2. The molecule has 18 heavy (non-hydrogen) atoms. The lowest BCUT2D eigenvalue weighted by atomic mass is 10.3. The van der Waals surface area contributed by atoms with E-state index in [0.29, 0.717) is 10.7 Å². The lowest BCUT2D eigenvalue weighted by molar-refractivity contribution is 0.262. The highest BCUT2D eigenvalue weighted by molar-refractivity contribution is 9.10. The van der Waals surface area contributed by atoms with Crippen molar-refractivity contribution >= 4 is 45.2 Å². The minimum absolute atomic E-state index is 0.227. The zero-order chi connectivity index (χ0) is 13.0. The Bertz CT molecular complexity index is 494. The molecule has 2 aromatic rings. The zero-order valence-corrected chi connectivity index (χ0v) is 11.4. The maximum atomic E-state index is 11.6. The Morgan fingerprint density at radius 3 is 2.33 bits per heavy atom. The van der Waals surface area contributed by atoms with E-state index in [-0.39, 0.29) is 5.95 Å². The van der Waals surface area contributed by atoms with E-state index in [1.54, 1.807) is 36.7 Å². The first kappa shape index (κ1) is 12.8. The first-order valence-electron chi connectivity index (χ1n) is 4.94. The van der Waals surface area contributed by atoms with Gasteiger partial charge in [-0.15, -0.1) is 0 Å². The SMILES string of the molecule is O=C(Nc1ccc(Cl)cc1)Nc1ncc(Br)cn1.